The van der Waals surface area contributed by atoms with Crippen LogP contribution in [0.3, 0.4) is 0 Å². The lowest BCUT2D eigenvalue weighted by Gasteiger charge is -2.14. The van der Waals surface area contributed by atoms with Gasteiger partial charge in [-0.3, -0.25) is 9.59 Å². The molecular formula is C15H17NO5S. The van der Waals surface area contributed by atoms with Crippen LogP contribution in [0.4, 0.5) is 0 Å². The summed E-state index contributed by atoms with van der Waals surface area (Å²) in [6.07, 6.45) is 1.30. The third-order valence-corrected chi connectivity index (χ3v) is 4.17. The van der Waals surface area contributed by atoms with Crippen molar-refractivity contribution in [1.29, 1.82) is 0 Å². The van der Waals surface area contributed by atoms with Crippen LogP contribution in [0.2, 0.25) is 0 Å². The summed E-state index contributed by atoms with van der Waals surface area (Å²) in [7, 11) is -4.17. The van der Waals surface area contributed by atoms with E-state index in [1.54, 1.807) is 44.2 Å². The smallest absolute Gasteiger partial charge is 0.272 e. The van der Waals surface area contributed by atoms with Gasteiger partial charge < -0.3 is 0 Å². The maximum Gasteiger partial charge on any atom is 0.311 e. The average Bonchev–Trinajstić information content (AvgIpc) is 2.74. The summed E-state index contributed by atoms with van der Waals surface area (Å²) < 4.78 is 28.4. The number of rotatable bonds is 5. The number of imide groups is 1. The Labute approximate surface area is 129 Å². The minimum Gasteiger partial charge on any atom is -0.272 e. The summed E-state index contributed by atoms with van der Waals surface area (Å²) in [6, 6.07) is 8.75. The summed E-state index contributed by atoms with van der Waals surface area (Å²) in [5.41, 5.74) is 0.661. The van der Waals surface area contributed by atoms with Gasteiger partial charge in [0.15, 0.2) is 0 Å². The van der Waals surface area contributed by atoms with E-state index in [4.69, 9.17) is 0 Å². The number of amides is 2. The molecule has 0 bridgehead atoms. The number of carbonyl (C=O) groups is 2. The molecule has 0 radical (unpaired) electrons. The molecule has 118 valence electrons. The monoisotopic (exact) mass is 323 g/mol. The Balaban J connectivity index is 2.11. The zero-order chi connectivity index (χ0) is 16.3. The van der Waals surface area contributed by atoms with Crippen LogP contribution in [0.1, 0.15) is 25.8 Å². The first-order chi connectivity index (χ1) is 10.3. The second kappa shape index (κ2) is 6.41. The van der Waals surface area contributed by atoms with E-state index in [1.807, 2.05) is 0 Å². The number of hydroxylamine groups is 2. The molecule has 1 aromatic carbocycles. The highest BCUT2D eigenvalue weighted by molar-refractivity contribution is 7.89. The van der Waals surface area contributed by atoms with Gasteiger partial charge in [0.1, 0.15) is 0 Å². The maximum atomic E-state index is 12.0. The Morgan fingerprint density at radius 3 is 2.41 bits per heavy atom. The van der Waals surface area contributed by atoms with E-state index in [2.05, 4.69) is 4.28 Å². The fraction of sp³-hybridized carbons (Fsp3) is 0.333. The first-order valence-electron chi connectivity index (χ1n) is 6.84. The number of carbonyl (C=O) groups excluding carboxylic acids is 2. The summed E-state index contributed by atoms with van der Waals surface area (Å²) in [6.45, 7) is 3.59. The molecule has 1 unspecified atom stereocenters. The molecule has 2 amide bonds. The molecule has 1 heterocycles. The van der Waals surface area contributed by atoms with E-state index in [0.29, 0.717) is 10.6 Å². The number of hydrogen-bond acceptors (Lipinski definition) is 5. The number of hydrogen-bond donors (Lipinski definition) is 0. The van der Waals surface area contributed by atoms with E-state index in [-0.39, 0.29) is 12.3 Å². The van der Waals surface area contributed by atoms with Crippen molar-refractivity contribution in [1.82, 2.24) is 5.06 Å². The van der Waals surface area contributed by atoms with Crippen molar-refractivity contribution < 1.29 is 22.3 Å². The summed E-state index contributed by atoms with van der Waals surface area (Å²) in [5, 5.41) is 1.18. The summed E-state index contributed by atoms with van der Waals surface area (Å²) in [5.74, 6) is -1.86. The molecule has 0 spiro atoms. The van der Waals surface area contributed by atoms with Gasteiger partial charge in [-0.1, -0.05) is 44.2 Å². The zero-order valence-electron chi connectivity index (χ0n) is 12.3. The van der Waals surface area contributed by atoms with Gasteiger partial charge >= 0.3 is 10.1 Å². The Bertz CT molecular complexity index is 694. The third-order valence-electron chi connectivity index (χ3n) is 3.35. The van der Waals surface area contributed by atoms with Crippen LogP contribution in [-0.4, -0.2) is 25.3 Å². The first kappa shape index (κ1) is 16.4. The van der Waals surface area contributed by atoms with Crippen molar-refractivity contribution >= 4 is 28.0 Å². The molecule has 22 heavy (non-hydrogen) atoms. The minimum atomic E-state index is -4.17. The van der Waals surface area contributed by atoms with Gasteiger partial charge in [0, 0.05) is 6.42 Å². The molecule has 0 saturated carbocycles. The van der Waals surface area contributed by atoms with E-state index >= 15 is 0 Å². The molecule has 1 saturated heterocycles. The quantitative estimate of drug-likeness (QED) is 0.774. The van der Waals surface area contributed by atoms with Gasteiger partial charge in [-0.25, -0.2) is 0 Å². The fourth-order valence-corrected chi connectivity index (χ4v) is 2.82. The van der Waals surface area contributed by atoms with E-state index in [0.717, 1.165) is 5.41 Å². The molecule has 6 nitrogen and oxygen atoms in total. The Morgan fingerprint density at radius 2 is 1.86 bits per heavy atom. The van der Waals surface area contributed by atoms with Crippen molar-refractivity contribution in [3.63, 3.8) is 0 Å². The Hall–Kier alpha value is -1.99. The molecular weight excluding hydrogens is 306 g/mol. The topological polar surface area (TPSA) is 80.8 Å². The summed E-state index contributed by atoms with van der Waals surface area (Å²) in [4.78, 5) is 23.7. The van der Waals surface area contributed by atoms with Crippen LogP contribution in [0.15, 0.2) is 35.7 Å². The molecule has 1 aliphatic rings. The predicted molar refractivity (Wildman–Crippen MR) is 80.3 cm³/mol. The standard InChI is InChI=1S/C15H17NO5S/c1-11(2)13-10-14(17)16(15(13)18)21-22(19,20)9-8-12-6-4-3-5-7-12/h3-9,11,13H,10H2,1-2H3/b9-8+. The van der Waals surface area contributed by atoms with E-state index in [1.165, 1.54) is 6.08 Å². The lowest BCUT2D eigenvalue weighted by Crippen LogP contribution is -2.33. The van der Waals surface area contributed by atoms with Crippen LogP contribution in [-0.2, 0) is 24.0 Å². The number of nitrogens with zero attached hydrogens (tertiary/aromatic N) is 1. The lowest BCUT2D eigenvalue weighted by molar-refractivity contribution is -0.165. The zero-order valence-corrected chi connectivity index (χ0v) is 13.1. The van der Waals surface area contributed by atoms with Gasteiger partial charge in [-0.05, 0) is 17.6 Å². The van der Waals surface area contributed by atoms with Gasteiger partial charge in [-0.2, -0.15) is 8.42 Å². The Morgan fingerprint density at radius 1 is 1.23 bits per heavy atom. The maximum absolute atomic E-state index is 12.0. The second-order valence-electron chi connectivity index (χ2n) is 5.36. The van der Waals surface area contributed by atoms with E-state index in [9.17, 15) is 18.0 Å². The van der Waals surface area contributed by atoms with Crippen LogP contribution in [0.25, 0.3) is 6.08 Å². The van der Waals surface area contributed by atoms with Crippen LogP contribution in [0.5, 0.6) is 0 Å². The largest absolute Gasteiger partial charge is 0.311 e. The molecule has 0 aromatic heterocycles. The fourth-order valence-electron chi connectivity index (χ4n) is 2.09. The van der Waals surface area contributed by atoms with Crippen molar-refractivity contribution in [2.45, 2.75) is 20.3 Å². The molecule has 0 N–H and O–H groups in total. The summed E-state index contributed by atoms with van der Waals surface area (Å²) >= 11 is 0. The molecule has 1 atom stereocenters. The third kappa shape index (κ3) is 3.80. The molecule has 1 aromatic rings. The Kier molecular flexibility index (Phi) is 4.77. The van der Waals surface area contributed by atoms with Crippen LogP contribution < -0.4 is 0 Å². The van der Waals surface area contributed by atoms with Crippen molar-refractivity contribution in [2.75, 3.05) is 0 Å². The number of benzene rings is 1. The van der Waals surface area contributed by atoms with Crippen molar-refractivity contribution in [3.8, 4) is 0 Å². The SMILES string of the molecule is CC(C)C1CC(=O)N(OS(=O)(=O)/C=C/c2ccccc2)C1=O. The van der Waals surface area contributed by atoms with Crippen molar-refractivity contribution in [3.05, 3.63) is 41.3 Å². The highest BCUT2D eigenvalue weighted by Crippen LogP contribution is 2.27. The van der Waals surface area contributed by atoms with Crippen LogP contribution in [0, 0.1) is 11.8 Å². The predicted octanol–water partition coefficient (Wildman–Crippen LogP) is 1.95. The highest BCUT2D eigenvalue weighted by Gasteiger charge is 2.43. The lowest BCUT2D eigenvalue weighted by atomic mass is 9.95. The van der Waals surface area contributed by atoms with Gasteiger partial charge in [0.2, 0.25) is 0 Å². The molecule has 2 rings (SSSR count). The van der Waals surface area contributed by atoms with Gasteiger partial charge in [-0.15, -0.1) is 9.35 Å². The molecule has 1 fully saturated rings. The van der Waals surface area contributed by atoms with Gasteiger partial charge in [0.25, 0.3) is 11.8 Å². The first-order valence-corrected chi connectivity index (χ1v) is 8.32. The average molecular weight is 323 g/mol. The minimum absolute atomic E-state index is 0.0333. The molecule has 7 heteroatoms. The normalized spacial score (nSPS) is 19.6. The van der Waals surface area contributed by atoms with Gasteiger partial charge in [0.05, 0.1) is 11.3 Å². The highest BCUT2D eigenvalue weighted by atomic mass is 32.2. The van der Waals surface area contributed by atoms with Crippen LogP contribution >= 0.6 is 0 Å². The molecule has 0 aliphatic carbocycles. The van der Waals surface area contributed by atoms with E-state index < -0.39 is 27.9 Å². The molecule has 1 aliphatic heterocycles. The second-order valence-corrected chi connectivity index (χ2v) is 6.77. The van der Waals surface area contributed by atoms with Crippen molar-refractivity contribution in [2.24, 2.45) is 11.8 Å².